The third-order valence-electron chi connectivity index (χ3n) is 4.05. The summed E-state index contributed by atoms with van der Waals surface area (Å²) in [6, 6.07) is 4.66. The first-order valence-electron chi connectivity index (χ1n) is 5.49. The highest BCUT2D eigenvalue weighted by Gasteiger charge is 2.56. The summed E-state index contributed by atoms with van der Waals surface area (Å²) < 4.78 is 0. The second-order valence-corrected chi connectivity index (χ2v) is 5.12. The molecular formula is C13H17N. The summed E-state index contributed by atoms with van der Waals surface area (Å²) in [6.07, 6.45) is 1.37. The summed E-state index contributed by atoms with van der Waals surface area (Å²) >= 11 is 0. The van der Waals surface area contributed by atoms with Gasteiger partial charge in [0, 0.05) is 17.6 Å². The van der Waals surface area contributed by atoms with Crippen molar-refractivity contribution in [2.75, 3.05) is 11.9 Å². The molecule has 0 saturated heterocycles. The molecule has 0 amide bonds. The molecule has 3 rings (SSSR count). The maximum absolute atomic E-state index is 3.58. The number of hydrogen-bond donors (Lipinski definition) is 1. The summed E-state index contributed by atoms with van der Waals surface area (Å²) in [5, 5.41) is 3.58. The van der Waals surface area contributed by atoms with Gasteiger partial charge in [-0.25, -0.2) is 0 Å². The van der Waals surface area contributed by atoms with E-state index < -0.39 is 0 Å². The van der Waals surface area contributed by atoms with E-state index in [1.165, 1.54) is 23.2 Å². The maximum atomic E-state index is 3.58. The third-order valence-corrected chi connectivity index (χ3v) is 4.05. The van der Waals surface area contributed by atoms with Crippen LogP contribution in [-0.2, 0) is 5.41 Å². The quantitative estimate of drug-likeness (QED) is 0.658. The molecule has 1 heterocycles. The van der Waals surface area contributed by atoms with Gasteiger partial charge in [0.15, 0.2) is 0 Å². The normalized spacial score (nSPS) is 32.9. The molecule has 1 aromatic rings. The molecule has 1 aliphatic heterocycles. The second-order valence-electron chi connectivity index (χ2n) is 5.12. The minimum atomic E-state index is 0.506. The summed E-state index contributed by atoms with van der Waals surface area (Å²) in [7, 11) is 0. The maximum Gasteiger partial charge on any atom is 0.0409 e. The van der Waals surface area contributed by atoms with Crippen molar-refractivity contribution in [3.05, 3.63) is 28.8 Å². The third kappa shape index (κ3) is 0.853. The van der Waals surface area contributed by atoms with Crippen molar-refractivity contribution in [2.24, 2.45) is 5.92 Å². The molecule has 1 aromatic carbocycles. The Balaban J connectivity index is 2.20. The molecule has 1 nitrogen and oxygen atoms in total. The molecule has 1 N–H and O–H groups in total. The van der Waals surface area contributed by atoms with Gasteiger partial charge in [0.05, 0.1) is 0 Å². The zero-order chi connectivity index (χ0) is 9.92. The van der Waals surface area contributed by atoms with Crippen molar-refractivity contribution < 1.29 is 0 Å². The number of nitrogens with one attached hydrogen (secondary N) is 1. The van der Waals surface area contributed by atoms with Crippen LogP contribution in [0.3, 0.4) is 0 Å². The first kappa shape index (κ1) is 8.34. The van der Waals surface area contributed by atoms with E-state index in [0.29, 0.717) is 5.41 Å². The molecule has 2 unspecified atom stereocenters. The van der Waals surface area contributed by atoms with Crippen molar-refractivity contribution in [1.82, 2.24) is 0 Å². The fraction of sp³-hybridized carbons (Fsp3) is 0.538. The monoisotopic (exact) mass is 187 g/mol. The van der Waals surface area contributed by atoms with Crippen LogP contribution in [0, 0.1) is 19.8 Å². The average molecular weight is 187 g/mol. The minimum absolute atomic E-state index is 0.506. The average Bonchev–Trinajstić information content (AvgIpc) is 2.59. The lowest BCUT2D eigenvalue weighted by Gasteiger charge is -2.10. The van der Waals surface area contributed by atoms with Crippen LogP contribution in [0.15, 0.2) is 12.1 Å². The largest absolute Gasteiger partial charge is 0.384 e. The standard InChI is InChI=1S/C13H17N/c1-8-4-9(2)12-11(5-8)13(7-14-12)6-10(13)3/h4-5,10,14H,6-7H2,1-3H3. The van der Waals surface area contributed by atoms with Crippen LogP contribution in [0.25, 0.3) is 0 Å². The van der Waals surface area contributed by atoms with E-state index in [9.17, 15) is 0 Å². The molecule has 0 radical (unpaired) electrons. The molecular weight excluding hydrogens is 170 g/mol. The highest BCUT2D eigenvalue weighted by atomic mass is 15.0. The summed E-state index contributed by atoms with van der Waals surface area (Å²) in [5.74, 6) is 0.873. The minimum Gasteiger partial charge on any atom is -0.384 e. The Labute approximate surface area is 85.5 Å². The van der Waals surface area contributed by atoms with Crippen LogP contribution < -0.4 is 5.32 Å². The fourth-order valence-electron chi connectivity index (χ4n) is 3.05. The Morgan fingerprint density at radius 3 is 2.71 bits per heavy atom. The molecule has 1 fully saturated rings. The van der Waals surface area contributed by atoms with Crippen LogP contribution in [0.1, 0.15) is 30.0 Å². The topological polar surface area (TPSA) is 12.0 Å². The Hall–Kier alpha value is -0.980. The lowest BCUT2D eigenvalue weighted by molar-refractivity contribution is 0.695. The van der Waals surface area contributed by atoms with E-state index in [1.807, 2.05) is 0 Å². The lowest BCUT2D eigenvalue weighted by Crippen LogP contribution is -2.11. The van der Waals surface area contributed by atoms with Crippen LogP contribution in [0.4, 0.5) is 5.69 Å². The van der Waals surface area contributed by atoms with Gasteiger partial charge in [-0.1, -0.05) is 24.6 Å². The number of fused-ring (bicyclic) bond motifs is 2. The number of benzene rings is 1. The Bertz CT molecular complexity index is 408. The van der Waals surface area contributed by atoms with Gasteiger partial charge in [-0.3, -0.25) is 0 Å². The zero-order valence-corrected chi connectivity index (χ0v) is 9.15. The molecule has 0 bridgehead atoms. The van der Waals surface area contributed by atoms with Crippen LogP contribution >= 0.6 is 0 Å². The molecule has 2 atom stereocenters. The van der Waals surface area contributed by atoms with Crippen LogP contribution in [0.2, 0.25) is 0 Å². The summed E-state index contributed by atoms with van der Waals surface area (Å²) in [5.41, 5.74) is 6.33. The fourth-order valence-corrected chi connectivity index (χ4v) is 3.05. The smallest absolute Gasteiger partial charge is 0.0409 e. The predicted molar refractivity (Wildman–Crippen MR) is 59.9 cm³/mol. The summed E-state index contributed by atoms with van der Waals surface area (Å²) in [4.78, 5) is 0. The van der Waals surface area contributed by atoms with Gasteiger partial charge in [-0.2, -0.15) is 0 Å². The van der Waals surface area contributed by atoms with Crippen molar-refractivity contribution in [3.63, 3.8) is 0 Å². The van der Waals surface area contributed by atoms with Gasteiger partial charge in [0.1, 0.15) is 0 Å². The summed E-state index contributed by atoms with van der Waals surface area (Å²) in [6.45, 7) is 7.94. The van der Waals surface area contributed by atoms with E-state index in [-0.39, 0.29) is 0 Å². The Morgan fingerprint density at radius 1 is 1.36 bits per heavy atom. The lowest BCUT2D eigenvalue weighted by atomic mass is 9.93. The van der Waals surface area contributed by atoms with Crippen LogP contribution in [0.5, 0.6) is 0 Å². The van der Waals surface area contributed by atoms with Crippen molar-refractivity contribution in [3.8, 4) is 0 Å². The number of hydrogen-bond acceptors (Lipinski definition) is 1. The van der Waals surface area contributed by atoms with Gasteiger partial charge >= 0.3 is 0 Å². The molecule has 74 valence electrons. The van der Waals surface area contributed by atoms with Gasteiger partial charge in [0.2, 0.25) is 0 Å². The van der Waals surface area contributed by atoms with Gasteiger partial charge in [-0.15, -0.1) is 0 Å². The van der Waals surface area contributed by atoms with Gasteiger partial charge in [0.25, 0.3) is 0 Å². The number of anilines is 1. The molecule has 14 heavy (non-hydrogen) atoms. The van der Waals surface area contributed by atoms with Crippen LogP contribution in [-0.4, -0.2) is 6.54 Å². The second kappa shape index (κ2) is 2.33. The van der Waals surface area contributed by atoms with Crippen molar-refractivity contribution in [1.29, 1.82) is 0 Å². The predicted octanol–water partition coefficient (Wildman–Crippen LogP) is 3.01. The van der Waals surface area contributed by atoms with E-state index in [2.05, 4.69) is 38.2 Å². The molecule has 1 saturated carbocycles. The van der Waals surface area contributed by atoms with E-state index in [4.69, 9.17) is 0 Å². The SMILES string of the molecule is Cc1cc(C)c2c(c1)C1(CN2)CC1C. The first-order valence-corrected chi connectivity index (χ1v) is 5.49. The van der Waals surface area contributed by atoms with Crippen molar-refractivity contribution in [2.45, 2.75) is 32.6 Å². The highest BCUT2D eigenvalue weighted by molar-refractivity contribution is 5.68. The highest BCUT2D eigenvalue weighted by Crippen LogP contribution is 2.59. The zero-order valence-electron chi connectivity index (χ0n) is 9.15. The van der Waals surface area contributed by atoms with E-state index in [1.54, 1.807) is 5.56 Å². The first-order chi connectivity index (χ1) is 6.63. The Kier molecular flexibility index (Phi) is 1.39. The number of rotatable bonds is 0. The van der Waals surface area contributed by atoms with E-state index >= 15 is 0 Å². The van der Waals surface area contributed by atoms with Crippen molar-refractivity contribution >= 4 is 5.69 Å². The molecule has 0 aromatic heterocycles. The Morgan fingerprint density at radius 2 is 2.07 bits per heavy atom. The molecule has 2 aliphatic rings. The van der Waals surface area contributed by atoms with E-state index in [0.717, 1.165) is 12.5 Å². The molecule has 1 aliphatic carbocycles. The molecule has 1 spiro atoms. The van der Waals surface area contributed by atoms with Gasteiger partial charge < -0.3 is 5.32 Å². The van der Waals surface area contributed by atoms with Gasteiger partial charge in [-0.05, 0) is 37.3 Å². The number of aryl methyl sites for hydroxylation is 2. The molecule has 1 heteroatoms.